The summed E-state index contributed by atoms with van der Waals surface area (Å²) in [5.74, 6) is 0.656. The number of nitrogens with zero attached hydrogens (tertiary/aromatic N) is 1. The zero-order chi connectivity index (χ0) is 15.1. The Morgan fingerprint density at radius 1 is 1.43 bits per heavy atom. The third-order valence-electron chi connectivity index (χ3n) is 3.50. The maximum Gasteiger partial charge on any atom is 0.260 e. The summed E-state index contributed by atoms with van der Waals surface area (Å²) >= 11 is 5.81. The SMILES string of the molecule is COCCC1CNCCN1C(=O)COc1ccc(Cl)cc1. The summed E-state index contributed by atoms with van der Waals surface area (Å²) in [7, 11) is 1.67. The molecule has 1 atom stereocenters. The molecule has 1 amide bonds. The highest BCUT2D eigenvalue weighted by atomic mass is 35.5. The van der Waals surface area contributed by atoms with Crippen molar-refractivity contribution >= 4 is 17.5 Å². The fourth-order valence-electron chi connectivity index (χ4n) is 2.36. The van der Waals surface area contributed by atoms with Crippen molar-refractivity contribution in [3.63, 3.8) is 0 Å². The Labute approximate surface area is 130 Å². The van der Waals surface area contributed by atoms with Crippen molar-refractivity contribution < 1.29 is 14.3 Å². The molecule has 0 saturated carbocycles. The summed E-state index contributed by atoms with van der Waals surface area (Å²) in [6, 6.07) is 7.17. The van der Waals surface area contributed by atoms with E-state index >= 15 is 0 Å². The fraction of sp³-hybridized carbons (Fsp3) is 0.533. The molecule has 1 aliphatic heterocycles. The number of benzene rings is 1. The largest absolute Gasteiger partial charge is 0.484 e. The molecule has 1 saturated heterocycles. The molecule has 21 heavy (non-hydrogen) atoms. The van der Waals surface area contributed by atoms with Crippen LogP contribution in [-0.2, 0) is 9.53 Å². The van der Waals surface area contributed by atoms with E-state index < -0.39 is 0 Å². The Hall–Kier alpha value is -1.30. The van der Waals surface area contributed by atoms with Crippen molar-refractivity contribution in [1.82, 2.24) is 10.2 Å². The van der Waals surface area contributed by atoms with Gasteiger partial charge in [0.15, 0.2) is 6.61 Å². The molecule has 116 valence electrons. The molecule has 1 heterocycles. The first-order chi connectivity index (χ1) is 10.2. The molecule has 1 unspecified atom stereocenters. The Bertz CT molecular complexity index is 453. The van der Waals surface area contributed by atoms with Gasteiger partial charge in [-0.15, -0.1) is 0 Å². The topological polar surface area (TPSA) is 50.8 Å². The predicted molar refractivity (Wildman–Crippen MR) is 81.8 cm³/mol. The average Bonchev–Trinajstić information content (AvgIpc) is 2.52. The van der Waals surface area contributed by atoms with Crippen molar-refractivity contribution in [2.75, 3.05) is 40.0 Å². The summed E-state index contributed by atoms with van der Waals surface area (Å²) in [5.41, 5.74) is 0. The minimum Gasteiger partial charge on any atom is -0.484 e. The van der Waals surface area contributed by atoms with E-state index in [0.717, 1.165) is 19.5 Å². The number of carbonyl (C=O) groups is 1. The van der Waals surface area contributed by atoms with Gasteiger partial charge < -0.3 is 19.7 Å². The third-order valence-corrected chi connectivity index (χ3v) is 3.75. The second-order valence-electron chi connectivity index (χ2n) is 4.97. The van der Waals surface area contributed by atoms with Crippen molar-refractivity contribution in [1.29, 1.82) is 0 Å². The Kier molecular flexibility index (Phi) is 6.29. The molecule has 1 N–H and O–H groups in total. The first-order valence-electron chi connectivity index (χ1n) is 7.08. The van der Waals surface area contributed by atoms with E-state index in [1.807, 2.05) is 4.90 Å². The van der Waals surface area contributed by atoms with Crippen LogP contribution >= 0.6 is 11.6 Å². The highest BCUT2D eigenvalue weighted by molar-refractivity contribution is 6.30. The zero-order valence-corrected chi connectivity index (χ0v) is 12.9. The molecule has 2 rings (SSSR count). The molecule has 0 bridgehead atoms. The van der Waals surface area contributed by atoms with Crippen LogP contribution in [-0.4, -0.2) is 56.8 Å². The van der Waals surface area contributed by atoms with Gasteiger partial charge in [0, 0.05) is 44.4 Å². The average molecular weight is 313 g/mol. The number of hydrogen-bond acceptors (Lipinski definition) is 4. The van der Waals surface area contributed by atoms with Gasteiger partial charge >= 0.3 is 0 Å². The maximum absolute atomic E-state index is 12.3. The van der Waals surface area contributed by atoms with Gasteiger partial charge in [-0.1, -0.05) is 11.6 Å². The predicted octanol–water partition coefficient (Wildman–Crippen LogP) is 1.56. The molecule has 0 aliphatic carbocycles. The molecule has 0 spiro atoms. The molecule has 1 fully saturated rings. The molecule has 5 nitrogen and oxygen atoms in total. The van der Waals surface area contributed by atoms with Gasteiger partial charge in [-0.25, -0.2) is 0 Å². The van der Waals surface area contributed by atoms with Gasteiger partial charge in [0.1, 0.15) is 5.75 Å². The Morgan fingerprint density at radius 2 is 2.19 bits per heavy atom. The smallest absolute Gasteiger partial charge is 0.260 e. The van der Waals surface area contributed by atoms with Crippen LogP contribution in [0.4, 0.5) is 0 Å². The van der Waals surface area contributed by atoms with Crippen LogP contribution in [0.25, 0.3) is 0 Å². The van der Waals surface area contributed by atoms with Gasteiger partial charge in [0.05, 0.1) is 0 Å². The monoisotopic (exact) mass is 312 g/mol. The lowest BCUT2D eigenvalue weighted by Crippen LogP contribution is -2.55. The minimum absolute atomic E-state index is 0.00699. The number of nitrogens with one attached hydrogen (secondary N) is 1. The highest BCUT2D eigenvalue weighted by Gasteiger charge is 2.26. The van der Waals surface area contributed by atoms with Gasteiger partial charge in [0.2, 0.25) is 0 Å². The molecule has 1 aromatic rings. The number of piperazine rings is 1. The standard InChI is InChI=1S/C15H21ClN2O3/c1-20-9-6-13-10-17-7-8-18(13)15(19)11-21-14-4-2-12(16)3-5-14/h2-5,13,17H,6-11H2,1H3. The summed E-state index contributed by atoms with van der Waals surface area (Å²) in [4.78, 5) is 14.2. The van der Waals surface area contributed by atoms with Crippen molar-refractivity contribution in [3.05, 3.63) is 29.3 Å². The molecule has 6 heteroatoms. The molecule has 1 aliphatic rings. The van der Waals surface area contributed by atoms with Crippen molar-refractivity contribution in [2.45, 2.75) is 12.5 Å². The normalized spacial score (nSPS) is 18.6. The number of carbonyl (C=O) groups excluding carboxylic acids is 1. The van der Waals surface area contributed by atoms with E-state index in [0.29, 0.717) is 23.9 Å². The van der Waals surface area contributed by atoms with Gasteiger partial charge in [-0.2, -0.15) is 0 Å². The summed E-state index contributed by atoms with van der Waals surface area (Å²) < 4.78 is 10.6. The highest BCUT2D eigenvalue weighted by Crippen LogP contribution is 2.16. The quantitative estimate of drug-likeness (QED) is 0.866. The van der Waals surface area contributed by atoms with Crippen LogP contribution < -0.4 is 10.1 Å². The first-order valence-corrected chi connectivity index (χ1v) is 7.46. The summed E-state index contributed by atoms with van der Waals surface area (Å²) in [5, 5.41) is 3.95. The lowest BCUT2D eigenvalue weighted by Gasteiger charge is -2.36. The Balaban J connectivity index is 1.86. The van der Waals surface area contributed by atoms with Crippen molar-refractivity contribution in [3.8, 4) is 5.75 Å². The van der Waals surface area contributed by atoms with Gasteiger partial charge in [-0.3, -0.25) is 4.79 Å². The minimum atomic E-state index is 0.00699. The first kappa shape index (κ1) is 16.1. The molecule has 0 aromatic heterocycles. The lowest BCUT2D eigenvalue weighted by atomic mass is 10.1. The number of ether oxygens (including phenoxy) is 2. The van der Waals surface area contributed by atoms with Crippen molar-refractivity contribution in [2.24, 2.45) is 0 Å². The molecular weight excluding hydrogens is 292 g/mol. The van der Waals surface area contributed by atoms with Gasteiger partial charge in [-0.05, 0) is 30.7 Å². The molecule has 1 aromatic carbocycles. The van der Waals surface area contributed by atoms with E-state index in [1.165, 1.54) is 0 Å². The second kappa shape index (κ2) is 8.22. The number of hydrogen-bond donors (Lipinski definition) is 1. The third kappa shape index (κ3) is 4.88. The fourth-order valence-corrected chi connectivity index (χ4v) is 2.49. The number of methoxy groups -OCH3 is 1. The van der Waals surface area contributed by atoms with E-state index in [1.54, 1.807) is 31.4 Å². The number of rotatable bonds is 6. The summed E-state index contributed by atoms with van der Waals surface area (Å²) in [6.45, 7) is 3.02. The van der Waals surface area contributed by atoms with Crippen LogP contribution in [0.15, 0.2) is 24.3 Å². The van der Waals surface area contributed by atoms with Crippen LogP contribution in [0, 0.1) is 0 Å². The molecular formula is C15H21ClN2O3. The summed E-state index contributed by atoms with van der Waals surface area (Å²) in [6.07, 6.45) is 0.830. The second-order valence-corrected chi connectivity index (χ2v) is 5.41. The Morgan fingerprint density at radius 3 is 2.90 bits per heavy atom. The zero-order valence-electron chi connectivity index (χ0n) is 12.2. The van der Waals surface area contributed by atoms with E-state index in [-0.39, 0.29) is 18.6 Å². The maximum atomic E-state index is 12.3. The van der Waals surface area contributed by atoms with Crippen LogP contribution in [0.3, 0.4) is 0 Å². The van der Waals surface area contributed by atoms with E-state index in [9.17, 15) is 4.79 Å². The number of halogens is 1. The molecule has 0 radical (unpaired) electrons. The van der Waals surface area contributed by atoms with E-state index in [2.05, 4.69) is 5.32 Å². The van der Waals surface area contributed by atoms with Crippen LogP contribution in [0.1, 0.15) is 6.42 Å². The van der Waals surface area contributed by atoms with Crippen LogP contribution in [0.2, 0.25) is 5.02 Å². The van der Waals surface area contributed by atoms with Gasteiger partial charge in [0.25, 0.3) is 5.91 Å². The van der Waals surface area contributed by atoms with Crippen LogP contribution in [0.5, 0.6) is 5.75 Å². The van der Waals surface area contributed by atoms with E-state index in [4.69, 9.17) is 21.1 Å². The number of amides is 1. The lowest BCUT2D eigenvalue weighted by molar-refractivity contribution is -0.136.